The smallest absolute Gasteiger partial charge is 0.234 e. The summed E-state index contributed by atoms with van der Waals surface area (Å²) in [4.78, 5) is 17.0. The molecule has 2 aliphatic heterocycles. The first-order valence-corrected chi connectivity index (χ1v) is 10.2. The van der Waals surface area contributed by atoms with E-state index in [4.69, 9.17) is 4.74 Å². The van der Waals surface area contributed by atoms with Crippen LogP contribution in [0.25, 0.3) is 0 Å². The zero-order valence-electron chi connectivity index (χ0n) is 15.9. The van der Waals surface area contributed by atoms with Gasteiger partial charge in [0, 0.05) is 44.2 Å². The van der Waals surface area contributed by atoms with Gasteiger partial charge in [0.25, 0.3) is 0 Å². The van der Waals surface area contributed by atoms with Crippen LogP contribution in [-0.2, 0) is 9.53 Å². The molecule has 3 atom stereocenters. The van der Waals surface area contributed by atoms with Gasteiger partial charge in [-0.05, 0) is 24.3 Å². The van der Waals surface area contributed by atoms with Crippen LogP contribution < -0.4 is 5.32 Å². The molecule has 1 saturated carbocycles. The number of hydrogen-bond donors (Lipinski definition) is 2. The normalized spacial score (nSPS) is 29.3. The summed E-state index contributed by atoms with van der Waals surface area (Å²) in [6, 6.07) is 10.8. The number of rotatable bonds is 8. The Labute approximate surface area is 161 Å². The van der Waals surface area contributed by atoms with E-state index in [1.807, 2.05) is 6.07 Å². The van der Waals surface area contributed by atoms with E-state index in [0.29, 0.717) is 26.3 Å². The highest BCUT2D eigenvalue weighted by Crippen LogP contribution is 2.43. The lowest BCUT2D eigenvalue weighted by atomic mass is 9.75. The first kappa shape index (κ1) is 18.9. The van der Waals surface area contributed by atoms with Crippen LogP contribution in [0.4, 0.5) is 0 Å². The van der Waals surface area contributed by atoms with Gasteiger partial charge in [-0.3, -0.25) is 14.6 Å². The van der Waals surface area contributed by atoms with Crippen LogP contribution in [0.2, 0.25) is 0 Å². The fourth-order valence-corrected chi connectivity index (χ4v) is 4.50. The van der Waals surface area contributed by atoms with E-state index < -0.39 is 0 Å². The van der Waals surface area contributed by atoms with Crippen molar-refractivity contribution in [2.24, 2.45) is 5.92 Å². The molecule has 1 amide bonds. The Morgan fingerprint density at radius 2 is 1.89 bits per heavy atom. The van der Waals surface area contributed by atoms with Crippen molar-refractivity contribution in [1.29, 1.82) is 0 Å². The number of nitrogens with one attached hydrogen (secondary N) is 1. The molecule has 0 unspecified atom stereocenters. The molecular weight excluding hydrogens is 342 g/mol. The van der Waals surface area contributed by atoms with Gasteiger partial charge in [-0.15, -0.1) is 0 Å². The molecule has 148 valence electrons. The van der Waals surface area contributed by atoms with Gasteiger partial charge in [0.2, 0.25) is 5.91 Å². The van der Waals surface area contributed by atoms with Crippen LogP contribution in [0, 0.1) is 5.92 Å². The minimum Gasteiger partial charge on any atom is -0.395 e. The number of ether oxygens (including phenoxy) is 1. The van der Waals surface area contributed by atoms with E-state index in [1.165, 1.54) is 18.4 Å². The van der Waals surface area contributed by atoms with E-state index in [0.717, 1.165) is 25.6 Å². The molecule has 1 aromatic carbocycles. The summed E-state index contributed by atoms with van der Waals surface area (Å²) in [6.45, 7) is 5.36. The third kappa shape index (κ3) is 4.51. The van der Waals surface area contributed by atoms with Crippen LogP contribution >= 0.6 is 0 Å². The van der Waals surface area contributed by atoms with E-state index >= 15 is 0 Å². The van der Waals surface area contributed by atoms with Gasteiger partial charge in [-0.25, -0.2) is 0 Å². The Morgan fingerprint density at radius 3 is 2.56 bits per heavy atom. The number of likely N-dealkylation sites (tertiary alicyclic amines) is 1. The number of hydrogen-bond acceptors (Lipinski definition) is 5. The van der Waals surface area contributed by atoms with Gasteiger partial charge >= 0.3 is 0 Å². The predicted octanol–water partition coefficient (Wildman–Crippen LogP) is 0.674. The summed E-state index contributed by atoms with van der Waals surface area (Å²) < 4.78 is 5.35. The van der Waals surface area contributed by atoms with E-state index in [1.54, 1.807) is 0 Å². The second-order valence-corrected chi connectivity index (χ2v) is 8.09. The summed E-state index contributed by atoms with van der Waals surface area (Å²) in [5, 5.41) is 13.1. The van der Waals surface area contributed by atoms with Crippen molar-refractivity contribution in [3.05, 3.63) is 35.9 Å². The van der Waals surface area contributed by atoms with E-state index in [9.17, 15) is 9.90 Å². The molecule has 3 fully saturated rings. The number of morpholine rings is 1. The van der Waals surface area contributed by atoms with Crippen LogP contribution in [0.3, 0.4) is 0 Å². The van der Waals surface area contributed by atoms with E-state index in [2.05, 4.69) is 39.4 Å². The van der Waals surface area contributed by atoms with Crippen molar-refractivity contribution in [3.8, 4) is 0 Å². The molecule has 0 spiro atoms. The first-order valence-electron chi connectivity index (χ1n) is 10.2. The Hall–Kier alpha value is -1.47. The van der Waals surface area contributed by atoms with Crippen LogP contribution in [0.1, 0.15) is 24.3 Å². The summed E-state index contributed by atoms with van der Waals surface area (Å²) in [5.74, 6) is 1.13. The highest BCUT2D eigenvalue weighted by Gasteiger charge is 2.49. The molecule has 1 aromatic rings. The van der Waals surface area contributed by atoms with E-state index in [-0.39, 0.29) is 30.5 Å². The molecule has 0 aromatic heterocycles. The standard InChI is InChI=1S/C21H31N3O3/c25-15-19-21(17-4-2-1-3-5-17)18(24(19)13-16-6-7-16)12-22-20(26)14-23-8-10-27-11-9-23/h1-5,16,18-19,21,25H,6-15H2,(H,22,26)/t18-,19+,21+/m0/s1. The molecular formula is C21H31N3O3. The molecule has 3 aliphatic rings. The first-order chi connectivity index (χ1) is 13.3. The quantitative estimate of drug-likeness (QED) is 0.701. The lowest BCUT2D eigenvalue weighted by molar-refractivity contribution is -0.124. The lowest BCUT2D eigenvalue weighted by Crippen LogP contribution is -2.67. The molecule has 2 saturated heterocycles. The fourth-order valence-electron chi connectivity index (χ4n) is 4.50. The Kier molecular flexibility index (Phi) is 6.08. The molecule has 0 bridgehead atoms. The summed E-state index contributed by atoms with van der Waals surface area (Å²) >= 11 is 0. The lowest BCUT2D eigenvalue weighted by Gasteiger charge is -2.55. The number of aliphatic hydroxyl groups is 1. The average molecular weight is 373 g/mol. The van der Waals surface area contributed by atoms with Gasteiger partial charge in [0.05, 0.1) is 26.4 Å². The minimum atomic E-state index is 0.0857. The van der Waals surface area contributed by atoms with Gasteiger partial charge < -0.3 is 15.2 Å². The topological polar surface area (TPSA) is 65.0 Å². The molecule has 6 nitrogen and oxygen atoms in total. The molecule has 6 heteroatoms. The summed E-state index contributed by atoms with van der Waals surface area (Å²) in [5.41, 5.74) is 1.26. The zero-order valence-corrected chi connectivity index (χ0v) is 15.9. The van der Waals surface area contributed by atoms with Gasteiger partial charge in [0.15, 0.2) is 0 Å². The monoisotopic (exact) mass is 373 g/mol. The fraction of sp³-hybridized carbons (Fsp3) is 0.667. The molecule has 0 radical (unpaired) electrons. The largest absolute Gasteiger partial charge is 0.395 e. The second kappa shape index (κ2) is 8.69. The Bertz CT molecular complexity index is 616. The van der Waals surface area contributed by atoms with Crippen molar-refractivity contribution in [2.75, 3.05) is 52.5 Å². The zero-order chi connectivity index (χ0) is 18.6. The predicted molar refractivity (Wildman–Crippen MR) is 104 cm³/mol. The molecule has 2 heterocycles. The number of carbonyl (C=O) groups is 1. The maximum absolute atomic E-state index is 12.4. The highest BCUT2D eigenvalue weighted by molar-refractivity contribution is 5.78. The minimum absolute atomic E-state index is 0.0857. The average Bonchev–Trinajstić information content (AvgIpc) is 3.51. The van der Waals surface area contributed by atoms with Crippen LogP contribution in [-0.4, -0.2) is 85.4 Å². The molecule has 27 heavy (non-hydrogen) atoms. The molecule has 2 N–H and O–H groups in total. The molecule has 1 aliphatic carbocycles. The Balaban J connectivity index is 1.37. The number of amides is 1. The Morgan fingerprint density at radius 1 is 1.15 bits per heavy atom. The van der Waals surface area contributed by atoms with Crippen molar-refractivity contribution >= 4 is 5.91 Å². The highest BCUT2D eigenvalue weighted by atomic mass is 16.5. The second-order valence-electron chi connectivity index (χ2n) is 8.09. The maximum Gasteiger partial charge on any atom is 0.234 e. The van der Waals surface area contributed by atoms with Gasteiger partial charge in [0.1, 0.15) is 0 Å². The summed E-state index contributed by atoms with van der Waals surface area (Å²) in [6.07, 6.45) is 2.58. The van der Waals surface area contributed by atoms with Crippen LogP contribution in [0.5, 0.6) is 0 Å². The maximum atomic E-state index is 12.4. The molecule has 4 rings (SSSR count). The van der Waals surface area contributed by atoms with Crippen molar-refractivity contribution in [3.63, 3.8) is 0 Å². The third-order valence-corrected chi connectivity index (χ3v) is 6.20. The SMILES string of the molecule is O=C(CN1CCOCC1)NC[C@H]1[C@@H](c2ccccc2)[C@@H](CO)N1CC1CC1. The number of benzene rings is 1. The van der Waals surface area contributed by atoms with Crippen molar-refractivity contribution in [1.82, 2.24) is 15.1 Å². The van der Waals surface area contributed by atoms with Crippen molar-refractivity contribution in [2.45, 2.75) is 30.8 Å². The number of nitrogens with zero attached hydrogens (tertiary/aromatic N) is 2. The van der Waals surface area contributed by atoms with Gasteiger partial charge in [-0.2, -0.15) is 0 Å². The van der Waals surface area contributed by atoms with Crippen LogP contribution in [0.15, 0.2) is 30.3 Å². The third-order valence-electron chi connectivity index (χ3n) is 6.20. The number of carbonyl (C=O) groups excluding carboxylic acids is 1. The van der Waals surface area contributed by atoms with Gasteiger partial charge in [-0.1, -0.05) is 30.3 Å². The summed E-state index contributed by atoms with van der Waals surface area (Å²) in [7, 11) is 0. The van der Waals surface area contributed by atoms with Crippen molar-refractivity contribution < 1.29 is 14.6 Å². The number of aliphatic hydroxyl groups excluding tert-OH is 1.